The third-order valence-corrected chi connectivity index (χ3v) is 5.61. The number of aryl methyl sites for hydroxylation is 2. The van der Waals surface area contributed by atoms with E-state index < -0.39 is 34.3 Å². The molecular formula is C19H20N8O6. The van der Waals surface area contributed by atoms with Crippen LogP contribution in [0, 0.1) is 0 Å². The molecule has 0 amide bonds. The smallest absolute Gasteiger partial charge is 0.279 e. The summed E-state index contributed by atoms with van der Waals surface area (Å²) in [7, 11) is 5.50. The topological polar surface area (TPSA) is 158 Å². The first kappa shape index (κ1) is 21.9. The van der Waals surface area contributed by atoms with Gasteiger partial charge in [0.15, 0.2) is 22.3 Å². The summed E-state index contributed by atoms with van der Waals surface area (Å²) in [5, 5.41) is 0. The predicted molar refractivity (Wildman–Crippen MR) is 116 cm³/mol. The summed E-state index contributed by atoms with van der Waals surface area (Å²) in [5.74, 6) is -0.954. The van der Waals surface area contributed by atoms with Gasteiger partial charge < -0.3 is 0 Å². The Morgan fingerprint density at radius 1 is 0.667 bits per heavy atom. The van der Waals surface area contributed by atoms with Crippen LogP contribution in [0.5, 0.6) is 0 Å². The molecule has 14 nitrogen and oxygen atoms in total. The van der Waals surface area contributed by atoms with Crippen molar-refractivity contribution < 1.29 is 9.59 Å². The van der Waals surface area contributed by atoms with Crippen LogP contribution in [0.2, 0.25) is 0 Å². The highest BCUT2D eigenvalue weighted by molar-refractivity contribution is 5.90. The Kier molecular flexibility index (Phi) is 5.07. The molecule has 0 aromatic carbocycles. The van der Waals surface area contributed by atoms with Gasteiger partial charge in [0.2, 0.25) is 11.8 Å². The van der Waals surface area contributed by atoms with E-state index in [-0.39, 0.29) is 41.6 Å². The maximum atomic E-state index is 12.7. The van der Waals surface area contributed by atoms with E-state index >= 15 is 0 Å². The quantitative estimate of drug-likeness (QED) is 0.353. The second kappa shape index (κ2) is 7.65. The van der Waals surface area contributed by atoms with Gasteiger partial charge in [-0.05, 0) is 6.42 Å². The van der Waals surface area contributed by atoms with Crippen LogP contribution < -0.4 is 22.5 Å². The minimum atomic E-state index is -0.652. The van der Waals surface area contributed by atoms with Gasteiger partial charge in [0.1, 0.15) is 12.7 Å². The molecule has 0 atom stereocenters. The van der Waals surface area contributed by atoms with Crippen molar-refractivity contribution in [3.05, 3.63) is 54.3 Å². The molecule has 0 bridgehead atoms. The van der Waals surface area contributed by atoms with E-state index in [1.54, 1.807) is 0 Å². The van der Waals surface area contributed by atoms with Gasteiger partial charge in [0.25, 0.3) is 11.1 Å². The largest absolute Gasteiger partial charge is 0.332 e. The summed E-state index contributed by atoms with van der Waals surface area (Å²) in [5.41, 5.74) is -2.32. The number of aromatic nitrogens is 8. The first-order chi connectivity index (χ1) is 15.6. The Bertz CT molecular complexity index is 1580. The molecule has 0 aliphatic rings. The van der Waals surface area contributed by atoms with Crippen LogP contribution in [0.1, 0.15) is 28.9 Å². The molecule has 4 heterocycles. The maximum Gasteiger partial charge on any atom is 0.332 e. The first-order valence-electron chi connectivity index (χ1n) is 9.88. The van der Waals surface area contributed by atoms with Crippen molar-refractivity contribution in [2.24, 2.45) is 28.2 Å². The lowest BCUT2D eigenvalue weighted by Gasteiger charge is -2.07. The highest BCUT2D eigenvalue weighted by Crippen LogP contribution is 2.11. The Hall–Kier alpha value is -4.36. The summed E-state index contributed by atoms with van der Waals surface area (Å²) < 4.78 is 6.24. The van der Waals surface area contributed by atoms with Crippen molar-refractivity contribution in [2.45, 2.75) is 19.3 Å². The Morgan fingerprint density at radius 2 is 1.03 bits per heavy atom. The molecule has 0 spiro atoms. The van der Waals surface area contributed by atoms with Gasteiger partial charge in [-0.2, -0.15) is 0 Å². The summed E-state index contributed by atoms with van der Waals surface area (Å²) >= 11 is 0. The van der Waals surface area contributed by atoms with E-state index in [9.17, 15) is 28.8 Å². The molecular weight excluding hydrogens is 436 g/mol. The lowest BCUT2D eigenvalue weighted by atomic mass is 10.2. The maximum absolute atomic E-state index is 12.7. The third kappa shape index (κ3) is 3.18. The van der Waals surface area contributed by atoms with Crippen LogP contribution in [0.25, 0.3) is 22.3 Å². The number of hydrogen-bond acceptors (Lipinski definition) is 8. The molecule has 4 aromatic heterocycles. The zero-order valence-electron chi connectivity index (χ0n) is 18.3. The van der Waals surface area contributed by atoms with Gasteiger partial charge in [-0.1, -0.05) is 0 Å². The molecule has 0 N–H and O–H groups in total. The molecule has 0 saturated heterocycles. The normalized spacial score (nSPS) is 11.5. The molecule has 0 fully saturated rings. The number of carbonyl (C=O) groups is 2. The Morgan fingerprint density at radius 3 is 1.39 bits per heavy atom. The molecule has 0 unspecified atom stereocenters. The highest BCUT2D eigenvalue weighted by atomic mass is 16.2. The molecule has 4 rings (SSSR count). The van der Waals surface area contributed by atoms with Crippen LogP contribution in [-0.2, 0) is 28.2 Å². The number of imidazole rings is 2. The van der Waals surface area contributed by atoms with Crippen molar-refractivity contribution >= 4 is 34.1 Å². The fourth-order valence-electron chi connectivity index (χ4n) is 3.70. The molecule has 0 radical (unpaired) electrons. The van der Waals surface area contributed by atoms with E-state index in [0.717, 1.165) is 18.3 Å². The van der Waals surface area contributed by atoms with Crippen LogP contribution in [0.3, 0.4) is 0 Å². The van der Waals surface area contributed by atoms with Crippen molar-refractivity contribution in [3.63, 3.8) is 0 Å². The SMILES string of the molecule is Cn1c(=O)c2c(ncn2C(=O)CCCC(=O)n2cnc3c2c(=O)n(C)c(=O)n3C)n(C)c1=O. The van der Waals surface area contributed by atoms with Gasteiger partial charge in [0, 0.05) is 41.0 Å². The summed E-state index contributed by atoms with van der Waals surface area (Å²) in [6, 6.07) is 0. The second-order valence-corrected chi connectivity index (χ2v) is 7.63. The van der Waals surface area contributed by atoms with Crippen LogP contribution in [0.15, 0.2) is 31.8 Å². The average molecular weight is 456 g/mol. The highest BCUT2D eigenvalue weighted by Gasteiger charge is 2.20. The van der Waals surface area contributed by atoms with E-state index in [2.05, 4.69) is 9.97 Å². The van der Waals surface area contributed by atoms with E-state index in [0.29, 0.717) is 0 Å². The van der Waals surface area contributed by atoms with Crippen molar-refractivity contribution in [1.29, 1.82) is 0 Å². The lowest BCUT2D eigenvalue weighted by Crippen LogP contribution is -2.38. The Balaban J connectivity index is 1.57. The fraction of sp³-hybridized carbons (Fsp3) is 0.368. The minimum absolute atomic E-state index is 0.0269. The molecule has 0 aliphatic carbocycles. The number of fused-ring (bicyclic) bond motifs is 2. The van der Waals surface area contributed by atoms with Gasteiger partial charge in [-0.15, -0.1) is 0 Å². The lowest BCUT2D eigenvalue weighted by molar-refractivity contribution is 0.0879. The molecule has 4 aromatic rings. The van der Waals surface area contributed by atoms with Gasteiger partial charge >= 0.3 is 11.4 Å². The van der Waals surface area contributed by atoms with Crippen LogP contribution >= 0.6 is 0 Å². The van der Waals surface area contributed by atoms with Gasteiger partial charge in [0.05, 0.1) is 0 Å². The van der Waals surface area contributed by atoms with Crippen molar-refractivity contribution in [1.82, 2.24) is 37.4 Å². The number of rotatable bonds is 4. The number of hydrogen-bond donors (Lipinski definition) is 0. The zero-order chi connectivity index (χ0) is 24.2. The number of nitrogens with zero attached hydrogens (tertiary/aromatic N) is 8. The third-order valence-electron chi connectivity index (χ3n) is 5.61. The van der Waals surface area contributed by atoms with E-state index in [1.165, 1.54) is 50.0 Å². The van der Waals surface area contributed by atoms with E-state index in [4.69, 9.17) is 0 Å². The molecule has 172 valence electrons. The monoisotopic (exact) mass is 456 g/mol. The summed E-state index contributed by atoms with van der Waals surface area (Å²) in [6.07, 6.45) is 2.28. The standard InChI is InChI=1S/C19H20N8O6/c1-22-14-12(16(30)24(3)18(22)32)26(8-20-14)10(28)6-5-7-11(29)27-9-21-15-13(27)17(31)25(4)19(33)23(15)2/h8-9H,5-7H2,1-4H3. The molecule has 0 saturated carbocycles. The van der Waals surface area contributed by atoms with Gasteiger partial charge in [-0.25, -0.2) is 19.6 Å². The zero-order valence-corrected chi connectivity index (χ0v) is 18.3. The first-order valence-corrected chi connectivity index (χ1v) is 9.88. The van der Waals surface area contributed by atoms with Crippen LogP contribution in [-0.4, -0.2) is 49.2 Å². The van der Waals surface area contributed by atoms with Crippen molar-refractivity contribution in [3.8, 4) is 0 Å². The molecule has 33 heavy (non-hydrogen) atoms. The fourth-order valence-corrected chi connectivity index (χ4v) is 3.70. The number of carbonyl (C=O) groups excluding carboxylic acids is 2. The van der Waals surface area contributed by atoms with Crippen LogP contribution in [0.4, 0.5) is 0 Å². The predicted octanol–water partition coefficient (Wildman–Crippen LogP) is -1.67. The summed E-state index contributed by atoms with van der Waals surface area (Å²) in [6.45, 7) is 0. The minimum Gasteiger partial charge on any atom is -0.279 e. The molecule has 14 heteroatoms. The Labute approximate surface area is 183 Å². The van der Waals surface area contributed by atoms with Gasteiger partial charge in [-0.3, -0.25) is 46.6 Å². The van der Waals surface area contributed by atoms with E-state index in [1.807, 2.05) is 0 Å². The van der Waals surface area contributed by atoms with Crippen molar-refractivity contribution in [2.75, 3.05) is 0 Å². The average Bonchev–Trinajstić information content (AvgIpc) is 3.44. The second-order valence-electron chi connectivity index (χ2n) is 7.63. The summed E-state index contributed by atoms with van der Waals surface area (Å²) in [4.78, 5) is 82.4. The molecule has 0 aliphatic heterocycles.